The fourth-order valence-electron chi connectivity index (χ4n) is 3.50. The largest absolute Gasteiger partial charge is 0.327 e. The third-order valence-electron chi connectivity index (χ3n) is 4.99. The van der Waals surface area contributed by atoms with Crippen molar-refractivity contribution in [2.45, 2.75) is 13.5 Å². The fourth-order valence-corrected chi connectivity index (χ4v) is 3.50. The maximum absolute atomic E-state index is 12.4. The lowest BCUT2D eigenvalue weighted by atomic mass is 9.98. The van der Waals surface area contributed by atoms with Crippen LogP contribution in [0.2, 0.25) is 0 Å². The van der Waals surface area contributed by atoms with Crippen LogP contribution >= 0.6 is 0 Å². The number of hydrogen-bond donors (Lipinski definition) is 2. The zero-order valence-corrected chi connectivity index (χ0v) is 15.6. The highest BCUT2D eigenvalue weighted by Crippen LogP contribution is 2.29. The number of hydrogen-bond acceptors (Lipinski definition) is 5. The Morgan fingerprint density at radius 2 is 1.79 bits per heavy atom. The molecule has 2 aromatic carbocycles. The van der Waals surface area contributed by atoms with E-state index in [-0.39, 0.29) is 5.69 Å². The van der Waals surface area contributed by atoms with Gasteiger partial charge in [0.25, 0.3) is 0 Å². The van der Waals surface area contributed by atoms with Crippen LogP contribution in [0.25, 0.3) is 33.7 Å². The normalized spacial score (nSPS) is 11.2. The van der Waals surface area contributed by atoms with Crippen LogP contribution in [0.15, 0.2) is 65.6 Å². The first kappa shape index (κ1) is 17.1. The molecule has 5 aromatic rings. The number of H-pyrrole nitrogens is 2. The number of aromatic nitrogens is 7. The van der Waals surface area contributed by atoms with Crippen LogP contribution in [0.5, 0.6) is 0 Å². The SMILES string of the molecule is Cc1ccnc2c1[nH]c(=O)n2Cc1ccc(-c2ccccc2-c2nn[nH]n2)cc1. The van der Waals surface area contributed by atoms with Crippen LogP contribution in [0.3, 0.4) is 0 Å². The summed E-state index contributed by atoms with van der Waals surface area (Å²) in [6.45, 7) is 2.41. The van der Waals surface area contributed by atoms with E-state index in [4.69, 9.17) is 0 Å². The number of tetrazole rings is 1. The number of pyridine rings is 1. The van der Waals surface area contributed by atoms with E-state index in [0.29, 0.717) is 18.0 Å². The van der Waals surface area contributed by atoms with E-state index in [1.165, 1.54) is 0 Å². The molecule has 142 valence electrons. The van der Waals surface area contributed by atoms with E-state index in [1.807, 2.05) is 61.5 Å². The second-order valence-corrected chi connectivity index (χ2v) is 6.82. The molecule has 0 atom stereocenters. The van der Waals surface area contributed by atoms with Crippen LogP contribution in [0, 0.1) is 6.92 Å². The van der Waals surface area contributed by atoms with Gasteiger partial charge in [0, 0.05) is 11.8 Å². The molecular weight excluding hydrogens is 366 g/mol. The number of nitrogens with one attached hydrogen (secondary N) is 2. The monoisotopic (exact) mass is 383 g/mol. The second-order valence-electron chi connectivity index (χ2n) is 6.82. The summed E-state index contributed by atoms with van der Waals surface area (Å²) in [7, 11) is 0. The first-order valence-corrected chi connectivity index (χ1v) is 9.17. The van der Waals surface area contributed by atoms with Gasteiger partial charge in [-0.15, -0.1) is 10.2 Å². The van der Waals surface area contributed by atoms with E-state index < -0.39 is 0 Å². The summed E-state index contributed by atoms with van der Waals surface area (Å²) in [6.07, 6.45) is 1.72. The van der Waals surface area contributed by atoms with Gasteiger partial charge in [-0.2, -0.15) is 5.21 Å². The Labute approximate surface area is 165 Å². The minimum Gasteiger partial charge on any atom is -0.304 e. The van der Waals surface area contributed by atoms with Crippen molar-refractivity contribution >= 4 is 11.2 Å². The van der Waals surface area contributed by atoms with Gasteiger partial charge in [0.1, 0.15) is 0 Å². The molecule has 0 bridgehead atoms. The zero-order chi connectivity index (χ0) is 19.8. The summed E-state index contributed by atoms with van der Waals surface area (Å²) >= 11 is 0. The molecule has 3 aromatic heterocycles. The number of aryl methyl sites for hydroxylation is 1. The van der Waals surface area contributed by atoms with Gasteiger partial charge in [-0.25, -0.2) is 9.78 Å². The summed E-state index contributed by atoms with van der Waals surface area (Å²) in [5.41, 5.74) is 6.26. The molecule has 8 nitrogen and oxygen atoms in total. The van der Waals surface area contributed by atoms with E-state index in [1.54, 1.807) is 10.8 Å². The molecule has 0 unspecified atom stereocenters. The number of aromatic amines is 2. The number of nitrogens with zero attached hydrogens (tertiary/aromatic N) is 5. The minimum absolute atomic E-state index is 0.159. The standard InChI is InChI=1S/C21H17N7O/c1-13-10-11-22-20-18(13)23-21(29)28(20)12-14-6-8-15(9-7-14)16-4-2-3-5-17(16)19-24-26-27-25-19/h2-11H,12H2,1H3,(H,23,29)(H,24,25,26,27). The van der Waals surface area contributed by atoms with Crippen LogP contribution in [0.1, 0.15) is 11.1 Å². The zero-order valence-electron chi connectivity index (χ0n) is 15.6. The highest BCUT2D eigenvalue weighted by molar-refractivity contribution is 5.80. The molecule has 8 heteroatoms. The van der Waals surface area contributed by atoms with E-state index in [0.717, 1.165) is 33.3 Å². The number of fused-ring (bicyclic) bond motifs is 1. The highest BCUT2D eigenvalue weighted by Gasteiger charge is 2.12. The molecule has 0 spiro atoms. The number of rotatable bonds is 4. The quantitative estimate of drug-likeness (QED) is 0.496. The van der Waals surface area contributed by atoms with Gasteiger partial charge >= 0.3 is 5.69 Å². The first-order chi connectivity index (χ1) is 14.2. The Kier molecular flexibility index (Phi) is 4.02. The number of benzene rings is 2. The summed E-state index contributed by atoms with van der Waals surface area (Å²) in [4.78, 5) is 19.7. The Bertz CT molecular complexity index is 1350. The van der Waals surface area contributed by atoms with Gasteiger partial charge in [0.2, 0.25) is 5.82 Å². The van der Waals surface area contributed by atoms with Gasteiger partial charge in [-0.3, -0.25) is 4.57 Å². The topological polar surface area (TPSA) is 105 Å². The molecule has 29 heavy (non-hydrogen) atoms. The van der Waals surface area contributed by atoms with Crippen molar-refractivity contribution in [1.29, 1.82) is 0 Å². The molecule has 0 amide bonds. The van der Waals surface area contributed by atoms with Crippen molar-refractivity contribution in [3.63, 3.8) is 0 Å². The van der Waals surface area contributed by atoms with Crippen LogP contribution < -0.4 is 5.69 Å². The summed E-state index contributed by atoms with van der Waals surface area (Å²) < 4.78 is 1.66. The smallest absolute Gasteiger partial charge is 0.304 e. The third-order valence-corrected chi connectivity index (χ3v) is 4.99. The minimum atomic E-state index is -0.159. The third kappa shape index (κ3) is 3.00. The molecule has 0 radical (unpaired) electrons. The van der Waals surface area contributed by atoms with Crippen molar-refractivity contribution in [2.75, 3.05) is 0 Å². The molecule has 0 aliphatic rings. The van der Waals surface area contributed by atoms with Crippen molar-refractivity contribution in [3.05, 3.63) is 82.4 Å². The van der Waals surface area contributed by atoms with E-state index >= 15 is 0 Å². The molecule has 3 heterocycles. The van der Waals surface area contributed by atoms with Crippen LogP contribution in [-0.4, -0.2) is 35.2 Å². The van der Waals surface area contributed by atoms with Gasteiger partial charge in [-0.1, -0.05) is 48.5 Å². The maximum atomic E-state index is 12.4. The van der Waals surface area contributed by atoms with Crippen molar-refractivity contribution in [1.82, 2.24) is 35.2 Å². The van der Waals surface area contributed by atoms with Crippen molar-refractivity contribution in [2.24, 2.45) is 0 Å². The molecule has 0 saturated carbocycles. The van der Waals surface area contributed by atoms with Crippen molar-refractivity contribution < 1.29 is 0 Å². The van der Waals surface area contributed by atoms with Crippen LogP contribution in [-0.2, 0) is 6.54 Å². The lowest BCUT2D eigenvalue weighted by Gasteiger charge is -2.08. The van der Waals surface area contributed by atoms with Crippen LogP contribution in [0.4, 0.5) is 0 Å². The Balaban J connectivity index is 1.49. The lowest BCUT2D eigenvalue weighted by Crippen LogP contribution is -2.17. The summed E-state index contributed by atoms with van der Waals surface area (Å²) in [6, 6.07) is 17.9. The molecule has 2 N–H and O–H groups in total. The first-order valence-electron chi connectivity index (χ1n) is 9.17. The van der Waals surface area contributed by atoms with Gasteiger partial charge < -0.3 is 4.98 Å². The van der Waals surface area contributed by atoms with Gasteiger partial charge in [0.15, 0.2) is 5.65 Å². The van der Waals surface area contributed by atoms with Gasteiger partial charge in [-0.05, 0) is 40.5 Å². The maximum Gasteiger partial charge on any atom is 0.327 e. The molecule has 0 saturated heterocycles. The van der Waals surface area contributed by atoms with E-state index in [9.17, 15) is 4.79 Å². The lowest BCUT2D eigenvalue weighted by molar-refractivity contribution is 0.778. The Morgan fingerprint density at radius 3 is 2.55 bits per heavy atom. The fraction of sp³-hybridized carbons (Fsp3) is 0.0952. The molecular formula is C21H17N7O. The van der Waals surface area contributed by atoms with E-state index in [2.05, 4.69) is 30.6 Å². The summed E-state index contributed by atoms with van der Waals surface area (Å²) in [5, 5.41) is 14.3. The predicted octanol–water partition coefficient (Wildman–Crippen LogP) is 2.93. The highest BCUT2D eigenvalue weighted by atomic mass is 16.1. The van der Waals surface area contributed by atoms with Crippen molar-refractivity contribution in [3.8, 4) is 22.5 Å². The average Bonchev–Trinajstić information content (AvgIpc) is 3.39. The molecule has 0 aliphatic carbocycles. The second kappa shape index (κ2) is 6.83. The average molecular weight is 383 g/mol. The predicted molar refractivity (Wildman–Crippen MR) is 109 cm³/mol. The Morgan fingerprint density at radius 1 is 1.00 bits per heavy atom. The van der Waals surface area contributed by atoms with Gasteiger partial charge in [0.05, 0.1) is 12.1 Å². The number of imidazole rings is 1. The molecule has 5 rings (SSSR count). The molecule has 0 aliphatic heterocycles. The molecule has 0 fully saturated rings. The Hall–Kier alpha value is -4.07. The summed E-state index contributed by atoms with van der Waals surface area (Å²) in [5.74, 6) is 0.552.